The number of nitrogens with zero attached hydrogens (tertiary/aromatic N) is 2. The van der Waals surface area contributed by atoms with Gasteiger partial charge in [-0.25, -0.2) is 0 Å². The number of H-pyrrole nitrogens is 1. The number of aliphatic hydroxyl groups excluding tert-OH is 1. The summed E-state index contributed by atoms with van der Waals surface area (Å²) >= 11 is 6.27. The normalized spacial score (nSPS) is 15.2. The third kappa shape index (κ3) is 3.57. The van der Waals surface area contributed by atoms with Crippen LogP contribution in [0.5, 0.6) is 5.75 Å². The fraction of sp³-hybridized carbons (Fsp3) is 0.208. The standard InChI is InChI=1S/C24H20ClN3O5/c25-12-15-13-27(22-11-21(28(31)32)17-3-1-2-4-18(17)23(15)22)24(30)20-10-14-9-16(33-8-7-29)5-6-19(14)26-20/h1-6,9-11,15,26,29H,7-8,12-13H2. The minimum Gasteiger partial charge on any atom is -0.491 e. The number of rotatable bonds is 6. The average Bonchev–Trinajstić information content (AvgIpc) is 3.42. The molecule has 0 aliphatic carbocycles. The van der Waals surface area contributed by atoms with Gasteiger partial charge in [0.05, 0.1) is 22.6 Å². The van der Waals surface area contributed by atoms with Crippen LogP contribution in [0.1, 0.15) is 22.0 Å². The lowest BCUT2D eigenvalue weighted by atomic mass is 9.95. The number of alkyl halides is 1. The minimum atomic E-state index is -0.420. The monoisotopic (exact) mass is 465 g/mol. The molecular weight excluding hydrogens is 446 g/mol. The molecule has 1 atom stereocenters. The Morgan fingerprint density at radius 2 is 2.00 bits per heavy atom. The molecule has 1 amide bonds. The van der Waals surface area contributed by atoms with Gasteiger partial charge < -0.3 is 19.7 Å². The zero-order valence-corrected chi connectivity index (χ0v) is 18.2. The molecule has 9 heteroatoms. The number of hydrogen-bond donors (Lipinski definition) is 2. The molecule has 1 unspecified atom stereocenters. The van der Waals surface area contributed by atoms with Crippen LogP contribution in [0.15, 0.2) is 54.6 Å². The van der Waals surface area contributed by atoms with Crippen molar-refractivity contribution < 1.29 is 19.6 Å². The maximum Gasteiger partial charge on any atom is 0.279 e. The van der Waals surface area contributed by atoms with E-state index in [0.29, 0.717) is 29.1 Å². The number of hydrogen-bond acceptors (Lipinski definition) is 5. The van der Waals surface area contributed by atoms with Gasteiger partial charge in [0, 0.05) is 35.3 Å². The molecule has 5 rings (SSSR count). The molecule has 0 spiro atoms. The second kappa shape index (κ2) is 8.38. The number of nitrogens with one attached hydrogen (secondary N) is 1. The maximum absolute atomic E-state index is 13.5. The lowest BCUT2D eigenvalue weighted by molar-refractivity contribution is -0.383. The van der Waals surface area contributed by atoms with Gasteiger partial charge in [-0.2, -0.15) is 0 Å². The molecule has 2 heterocycles. The highest BCUT2D eigenvalue weighted by Gasteiger charge is 2.36. The summed E-state index contributed by atoms with van der Waals surface area (Å²) in [5.74, 6) is 0.448. The predicted octanol–water partition coefficient (Wildman–Crippen LogP) is 4.58. The SMILES string of the molecule is O=C(c1cc2cc(OCCO)ccc2[nH]1)N1CC(CCl)c2c1cc([N+](=O)[O-])c1ccccc21. The van der Waals surface area contributed by atoms with Gasteiger partial charge in [0.25, 0.3) is 11.6 Å². The number of fused-ring (bicyclic) bond motifs is 4. The number of carbonyl (C=O) groups excluding carboxylic acids is 1. The molecule has 0 bridgehead atoms. The predicted molar refractivity (Wildman–Crippen MR) is 127 cm³/mol. The van der Waals surface area contributed by atoms with E-state index in [-0.39, 0.29) is 36.6 Å². The molecule has 3 aromatic carbocycles. The molecule has 0 saturated carbocycles. The van der Waals surface area contributed by atoms with Crippen molar-refractivity contribution >= 4 is 50.6 Å². The third-order valence-corrected chi connectivity index (χ3v) is 6.33. The van der Waals surface area contributed by atoms with Crippen LogP contribution in [-0.2, 0) is 0 Å². The Labute approximate surface area is 193 Å². The summed E-state index contributed by atoms with van der Waals surface area (Å²) in [7, 11) is 0. The number of aromatic amines is 1. The number of amides is 1. The van der Waals surface area contributed by atoms with Gasteiger partial charge in [-0.05, 0) is 41.3 Å². The van der Waals surface area contributed by atoms with Crippen LogP contribution < -0.4 is 9.64 Å². The first kappa shape index (κ1) is 21.2. The third-order valence-electron chi connectivity index (χ3n) is 5.96. The lowest BCUT2D eigenvalue weighted by Gasteiger charge is -2.17. The molecule has 1 aromatic heterocycles. The van der Waals surface area contributed by atoms with Crippen molar-refractivity contribution in [1.82, 2.24) is 4.98 Å². The fourth-order valence-corrected chi connectivity index (χ4v) is 4.77. The van der Waals surface area contributed by atoms with Gasteiger partial charge in [-0.3, -0.25) is 14.9 Å². The maximum atomic E-state index is 13.5. The summed E-state index contributed by atoms with van der Waals surface area (Å²) in [5, 5.41) is 22.8. The highest BCUT2D eigenvalue weighted by molar-refractivity contribution is 6.19. The van der Waals surface area contributed by atoms with Crippen molar-refractivity contribution in [2.45, 2.75) is 5.92 Å². The second-order valence-electron chi connectivity index (χ2n) is 7.90. The van der Waals surface area contributed by atoms with Crippen LogP contribution in [-0.4, -0.2) is 46.6 Å². The van der Waals surface area contributed by atoms with Crippen molar-refractivity contribution in [2.75, 3.05) is 30.5 Å². The molecule has 1 aliphatic heterocycles. The highest BCUT2D eigenvalue weighted by Crippen LogP contribution is 2.45. The number of aliphatic hydroxyl groups is 1. The molecule has 8 nitrogen and oxygen atoms in total. The number of carbonyl (C=O) groups is 1. The molecule has 0 radical (unpaired) electrons. The molecule has 0 saturated heterocycles. The fourth-order valence-electron chi connectivity index (χ4n) is 4.52. The number of ether oxygens (including phenoxy) is 1. The number of nitro groups is 1. The van der Waals surface area contributed by atoms with Crippen LogP contribution in [0.2, 0.25) is 0 Å². The van der Waals surface area contributed by atoms with E-state index in [0.717, 1.165) is 21.9 Å². The first-order valence-corrected chi connectivity index (χ1v) is 11.0. The molecule has 168 valence electrons. The van der Waals surface area contributed by atoms with E-state index in [1.807, 2.05) is 12.1 Å². The van der Waals surface area contributed by atoms with Crippen molar-refractivity contribution in [3.63, 3.8) is 0 Å². The van der Waals surface area contributed by atoms with Crippen molar-refractivity contribution in [3.05, 3.63) is 76.0 Å². The van der Waals surface area contributed by atoms with Gasteiger partial charge in [0.15, 0.2) is 0 Å². The quantitative estimate of drug-likeness (QED) is 0.246. The first-order valence-electron chi connectivity index (χ1n) is 10.5. The Morgan fingerprint density at radius 3 is 2.73 bits per heavy atom. The summed E-state index contributed by atoms with van der Waals surface area (Å²) in [5.41, 5.74) is 2.45. The zero-order valence-electron chi connectivity index (χ0n) is 17.5. The van der Waals surface area contributed by atoms with Gasteiger partial charge in [0.2, 0.25) is 0 Å². The van der Waals surface area contributed by atoms with E-state index >= 15 is 0 Å². The van der Waals surface area contributed by atoms with Crippen LogP contribution in [0.4, 0.5) is 11.4 Å². The lowest BCUT2D eigenvalue weighted by Crippen LogP contribution is -2.30. The second-order valence-corrected chi connectivity index (χ2v) is 8.21. The van der Waals surface area contributed by atoms with Gasteiger partial charge in [-0.1, -0.05) is 18.2 Å². The number of non-ortho nitro benzene ring substituents is 1. The highest BCUT2D eigenvalue weighted by atomic mass is 35.5. The van der Waals surface area contributed by atoms with Crippen molar-refractivity contribution in [3.8, 4) is 5.75 Å². The van der Waals surface area contributed by atoms with E-state index in [1.54, 1.807) is 41.3 Å². The Morgan fingerprint density at radius 1 is 1.21 bits per heavy atom. The summed E-state index contributed by atoms with van der Waals surface area (Å²) in [6, 6.07) is 15.7. The van der Waals surface area contributed by atoms with E-state index in [9.17, 15) is 14.9 Å². The van der Waals surface area contributed by atoms with Crippen molar-refractivity contribution in [2.24, 2.45) is 0 Å². The Hall–Kier alpha value is -3.62. The molecular formula is C24H20ClN3O5. The smallest absolute Gasteiger partial charge is 0.279 e. The summed E-state index contributed by atoms with van der Waals surface area (Å²) in [6.45, 7) is 0.424. The topological polar surface area (TPSA) is 109 Å². The largest absolute Gasteiger partial charge is 0.491 e. The summed E-state index contributed by atoms with van der Waals surface area (Å²) in [4.78, 5) is 29.6. The van der Waals surface area contributed by atoms with Gasteiger partial charge in [0.1, 0.15) is 18.1 Å². The van der Waals surface area contributed by atoms with Crippen LogP contribution in [0.3, 0.4) is 0 Å². The van der Waals surface area contributed by atoms with Gasteiger partial charge >= 0.3 is 0 Å². The molecule has 0 fully saturated rings. The van der Waals surface area contributed by atoms with E-state index in [4.69, 9.17) is 21.4 Å². The minimum absolute atomic E-state index is 0.0420. The van der Waals surface area contributed by atoms with Gasteiger partial charge in [-0.15, -0.1) is 11.6 Å². The first-order chi connectivity index (χ1) is 16.0. The summed E-state index contributed by atoms with van der Waals surface area (Å²) in [6.07, 6.45) is 0. The molecule has 33 heavy (non-hydrogen) atoms. The van der Waals surface area contributed by atoms with Crippen LogP contribution in [0, 0.1) is 10.1 Å². The Bertz CT molecular complexity index is 1400. The molecule has 1 aliphatic rings. The van der Waals surface area contributed by atoms with Crippen LogP contribution >= 0.6 is 11.6 Å². The Kier molecular flexibility index (Phi) is 5.39. The number of halogens is 1. The number of nitro benzene ring substituents is 1. The van der Waals surface area contributed by atoms with E-state index < -0.39 is 4.92 Å². The zero-order chi connectivity index (χ0) is 23.1. The number of aromatic nitrogens is 1. The number of benzene rings is 3. The van der Waals surface area contributed by atoms with Crippen molar-refractivity contribution in [1.29, 1.82) is 0 Å². The Balaban J connectivity index is 1.59. The average molecular weight is 466 g/mol. The van der Waals surface area contributed by atoms with E-state index in [2.05, 4.69) is 4.98 Å². The summed E-state index contributed by atoms with van der Waals surface area (Å²) < 4.78 is 5.45. The van der Waals surface area contributed by atoms with E-state index in [1.165, 1.54) is 6.07 Å². The van der Waals surface area contributed by atoms with Crippen LogP contribution in [0.25, 0.3) is 21.7 Å². The molecule has 2 N–H and O–H groups in total. The number of anilines is 1. The molecule has 4 aromatic rings.